The average molecular weight is 321 g/mol. The lowest BCUT2D eigenvalue weighted by molar-refractivity contribution is 0.565. The maximum atomic E-state index is 12.5. The van der Waals surface area contributed by atoms with E-state index in [1.165, 1.54) is 0 Å². The van der Waals surface area contributed by atoms with Crippen molar-refractivity contribution in [2.24, 2.45) is 0 Å². The van der Waals surface area contributed by atoms with Gasteiger partial charge in [0.05, 0.1) is 11.2 Å². The molecule has 1 aromatic heterocycles. The zero-order valence-corrected chi connectivity index (χ0v) is 14.2. The summed E-state index contributed by atoms with van der Waals surface area (Å²) in [5, 5.41) is 0. The van der Waals surface area contributed by atoms with E-state index in [2.05, 4.69) is 9.71 Å². The molecule has 120 valence electrons. The minimum Gasteiger partial charge on any atom is -0.337 e. The molecule has 2 aromatic rings. The highest BCUT2D eigenvalue weighted by Crippen LogP contribution is 2.21. The summed E-state index contributed by atoms with van der Waals surface area (Å²) in [7, 11) is -3.44. The zero-order chi connectivity index (χ0) is 16.2. The maximum absolute atomic E-state index is 12.5. The van der Waals surface area contributed by atoms with E-state index in [0.29, 0.717) is 11.4 Å². The molecule has 0 unspecified atom stereocenters. The van der Waals surface area contributed by atoms with Crippen molar-refractivity contribution in [2.75, 3.05) is 6.54 Å². The summed E-state index contributed by atoms with van der Waals surface area (Å²) in [6.45, 7) is 6.95. The van der Waals surface area contributed by atoms with E-state index in [0.717, 1.165) is 36.1 Å². The number of nitrogens with zero attached hydrogens (tertiary/aromatic N) is 2. The van der Waals surface area contributed by atoms with Crippen molar-refractivity contribution in [1.29, 1.82) is 0 Å². The second kappa shape index (κ2) is 7.07. The van der Waals surface area contributed by atoms with Gasteiger partial charge in [0.2, 0.25) is 10.0 Å². The second-order valence-corrected chi connectivity index (χ2v) is 7.34. The van der Waals surface area contributed by atoms with Gasteiger partial charge in [0, 0.05) is 25.5 Å². The van der Waals surface area contributed by atoms with Crippen LogP contribution in [-0.2, 0) is 16.6 Å². The molecule has 0 fully saturated rings. The molecule has 0 spiro atoms. The lowest BCUT2D eigenvalue weighted by Gasteiger charge is -2.13. The molecule has 0 saturated heterocycles. The molecular weight excluding hydrogens is 298 g/mol. The van der Waals surface area contributed by atoms with E-state index in [9.17, 15) is 8.42 Å². The zero-order valence-electron chi connectivity index (χ0n) is 13.3. The van der Waals surface area contributed by atoms with Crippen LogP contribution >= 0.6 is 0 Å². The molecule has 0 aliphatic carbocycles. The fourth-order valence-electron chi connectivity index (χ4n) is 2.71. The van der Waals surface area contributed by atoms with Crippen LogP contribution < -0.4 is 4.72 Å². The molecule has 5 nitrogen and oxygen atoms in total. The smallest absolute Gasteiger partial charge is 0.241 e. The van der Waals surface area contributed by atoms with Crippen LogP contribution in [0.2, 0.25) is 0 Å². The van der Waals surface area contributed by atoms with Crippen molar-refractivity contribution in [2.45, 2.75) is 45.1 Å². The number of unbranched alkanes of at least 4 members (excludes halogenated alkanes) is 1. The Morgan fingerprint density at radius 3 is 2.41 bits per heavy atom. The van der Waals surface area contributed by atoms with Gasteiger partial charge in [0.15, 0.2) is 0 Å². The third-order valence-electron chi connectivity index (χ3n) is 3.57. The van der Waals surface area contributed by atoms with Gasteiger partial charge in [-0.1, -0.05) is 17.7 Å². The normalized spacial score (nSPS) is 11.8. The number of rotatable bonds is 7. The largest absolute Gasteiger partial charge is 0.337 e. The van der Waals surface area contributed by atoms with E-state index in [-0.39, 0.29) is 0 Å². The first kappa shape index (κ1) is 16.7. The molecule has 2 rings (SSSR count). The Bertz CT molecular complexity index is 699. The summed E-state index contributed by atoms with van der Waals surface area (Å²) in [6, 6.07) is 3.81. The Hall–Kier alpha value is -1.66. The molecule has 0 bridgehead atoms. The Kier molecular flexibility index (Phi) is 5.37. The van der Waals surface area contributed by atoms with Crippen LogP contribution in [0.3, 0.4) is 0 Å². The lowest BCUT2D eigenvalue weighted by Crippen LogP contribution is -2.26. The molecule has 6 heteroatoms. The van der Waals surface area contributed by atoms with E-state index in [1.807, 2.05) is 43.7 Å². The predicted octanol–water partition coefficient (Wildman–Crippen LogP) is 2.57. The van der Waals surface area contributed by atoms with Crippen LogP contribution in [0.5, 0.6) is 0 Å². The summed E-state index contributed by atoms with van der Waals surface area (Å²) >= 11 is 0. The SMILES string of the molecule is Cc1cc(C)c(S(=O)(=O)NCCCCn2ccnc2)c(C)c1. The molecule has 0 atom stereocenters. The van der Waals surface area contributed by atoms with Crippen molar-refractivity contribution >= 4 is 10.0 Å². The second-order valence-electron chi connectivity index (χ2n) is 5.63. The van der Waals surface area contributed by atoms with Gasteiger partial charge in [-0.15, -0.1) is 0 Å². The van der Waals surface area contributed by atoms with Gasteiger partial charge in [0.25, 0.3) is 0 Å². The Morgan fingerprint density at radius 2 is 1.82 bits per heavy atom. The van der Waals surface area contributed by atoms with Crippen molar-refractivity contribution in [1.82, 2.24) is 14.3 Å². The number of sulfonamides is 1. The highest BCUT2D eigenvalue weighted by Gasteiger charge is 2.19. The van der Waals surface area contributed by atoms with Crippen LogP contribution in [0.1, 0.15) is 29.5 Å². The summed E-state index contributed by atoms with van der Waals surface area (Å²) in [4.78, 5) is 4.39. The van der Waals surface area contributed by atoms with Gasteiger partial charge in [-0.3, -0.25) is 0 Å². The van der Waals surface area contributed by atoms with Crippen LogP contribution in [-0.4, -0.2) is 24.5 Å². The lowest BCUT2D eigenvalue weighted by atomic mass is 10.1. The van der Waals surface area contributed by atoms with Crippen molar-refractivity contribution < 1.29 is 8.42 Å². The number of aromatic nitrogens is 2. The minimum absolute atomic E-state index is 0.410. The number of benzene rings is 1. The fraction of sp³-hybridized carbons (Fsp3) is 0.438. The Morgan fingerprint density at radius 1 is 1.14 bits per heavy atom. The van der Waals surface area contributed by atoms with Crippen molar-refractivity contribution in [3.05, 3.63) is 47.5 Å². The molecule has 22 heavy (non-hydrogen) atoms. The standard InChI is InChI=1S/C16H23N3O2S/c1-13-10-14(2)16(15(3)11-13)22(20,21)18-6-4-5-8-19-9-7-17-12-19/h7,9-12,18H,4-6,8H2,1-3H3. The highest BCUT2D eigenvalue weighted by atomic mass is 32.2. The maximum Gasteiger partial charge on any atom is 0.241 e. The summed E-state index contributed by atoms with van der Waals surface area (Å²) in [5.41, 5.74) is 2.67. The summed E-state index contributed by atoms with van der Waals surface area (Å²) < 4.78 is 29.6. The predicted molar refractivity (Wildman–Crippen MR) is 87.3 cm³/mol. The molecule has 0 aliphatic heterocycles. The average Bonchev–Trinajstić information content (AvgIpc) is 2.89. The number of aryl methyl sites for hydroxylation is 4. The topological polar surface area (TPSA) is 64.0 Å². The minimum atomic E-state index is -3.44. The molecule has 0 saturated carbocycles. The molecule has 0 amide bonds. The van der Waals surface area contributed by atoms with Gasteiger partial charge >= 0.3 is 0 Å². The van der Waals surface area contributed by atoms with E-state index in [4.69, 9.17) is 0 Å². The number of imidazole rings is 1. The Balaban J connectivity index is 1.91. The monoisotopic (exact) mass is 321 g/mol. The van der Waals surface area contributed by atoms with E-state index in [1.54, 1.807) is 12.5 Å². The van der Waals surface area contributed by atoms with E-state index < -0.39 is 10.0 Å². The molecule has 0 radical (unpaired) electrons. The van der Waals surface area contributed by atoms with Crippen LogP contribution in [0, 0.1) is 20.8 Å². The first-order valence-electron chi connectivity index (χ1n) is 7.43. The molecule has 1 aromatic carbocycles. The third-order valence-corrected chi connectivity index (χ3v) is 5.33. The first-order valence-corrected chi connectivity index (χ1v) is 8.92. The summed E-state index contributed by atoms with van der Waals surface area (Å²) in [5.74, 6) is 0. The van der Waals surface area contributed by atoms with E-state index >= 15 is 0 Å². The van der Waals surface area contributed by atoms with Gasteiger partial charge in [0.1, 0.15) is 0 Å². The van der Waals surface area contributed by atoms with Crippen LogP contribution in [0.25, 0.3) is 0 Å². The number of hydrogen-bond donors (Lipinski definition) is 1. The molecule has 0 aliphatic rings. The van der Waals surface area contributed by atoms with Crippen LogP contribution in [0.4, 0.5) is 0 Å². The van der Waals surface area contributed by atoms with Gasteiger partial charge in [-0.25, -0.2) is 18.1 Å². The van der Waals surface area contributed by atoms with Gasteiger partial charge < -0.3 is 4.57 Å². The van der Waals surface area contributed by atoms with Crippen molar-refractivity contribution in [3.8, 4) is 0 Å². The van der Waals surface area contributed by atoms with Gasteiger partial charge in [-0.05, 0) is 44.7 Å². The number of nitrogens with one attached hydrogen (secondary N) is 1. The molecule has 1 N–H and O–H groups in total. The van der Waals surface area contributed by atoms with Crippen molar-refractivity contribution in [3.63, 3.8) is 0 Å². The van der Waals surface area contributed by atoms with Gasteiger partial charge in [-0.2, -0.15) is 0 Å². The Labute approximate surface area is 132 Å². The third kappa shape index (κ3) is 4.18. The fourth-order valence-corrected chi connectivity index (χ4v) is 4.23. The van der Waals surface area contributed by atoms with Crippen LogP contribution in [0.15, 0.2) is 35.7 Å². The summed E-state index contributed by atoms with van der Waals surface area (Å²) in [6.07, 6.45) is 7.12. The number of hydrogen-bond acceptors (Lipinski definition) is 3. The molecular formula is C16H23N3O2S. The quantitative estimate of drug-likeness (QED) is 0.797. The molecule has 1 heterocycles. The highest BCUT2D eigenvalue weighted by molar-refractivity contribution is 7.89. The first-order chi connectivity index (χ1) is 10.4.